The van der Waals surface area contributed by atoms with Crippen molar-refractivity contribution >= 4 is 45.6 Å². The van der Waals surface area contributed by atoms with Crippen molar-refractivity contribution in [2.45, 2.75) is 18.9 Å². The number of rotatable bonds is 4. The standard InChI is InChI=1S/C12H17BrN2O2S.ClH/c1-7(10-2-3-11(13)18-10)12(17)15-5-8-4-14-6-9(8)16;/h2-3,7-9,14,16H,4-6H2,1H3,(H,15,17);1H. The molecule has 1 aromatic rings. The maximum atomic E-state index is 12.0. The van der Waals surface area contributed by atoms with Gasteiger partial charge >= 0.3 is 0 Å². The molecule has 1 saturated heterocycles. The molecule has 7 heteroatoms. The molecule has 0 radical (unpaired) electrons. The van der Waals surface area contributed by atoms with Crippen molar-refractivity contribution in [1.82, 2.24) is 10.6 Å². The molecule has 108 valence electrons. The predicted molar refractivity (Wildman–Crippen MR) is 83.1 cm³/mol. The average molecular weight is 370 g/mol. The van der Waals surface area contributed by atoms with Gasteiger partial charge in [0.25, 0.3) is 0 Å². The Labute approximate surface area is 131 Å². The molecule has 2 rings (SSSR count). The zero-order valence-corrected chi connectivity index (χ0v) is 13.8. The zero-order chi connectivity index (χ0) is 13.1. The van der Waals surface area contributed by atoms with E-state index in [1.54, 1.807) is 11.3 Å². The minimum absolute atomic E-state index is 0. The van der Waals surface area contributed by atoms with Gasteiger partial charge in [0.2, 0.25) is 5.91 Å². The number of carbonyl (C=O) groups excluding carboxylic acids is 1. The molecule has 4 nitrogen and oxygen atoms in total. The lowest BCUT2D eigenvalue weighted by molar-refractivity contribution is -0.122. The van der Waals surface area contributed by atoms with Gasteiger partial charge < -0.3 is 15.7 Å². The van der Waals surface area contributed by atoms with Crippen LogP contribution in [0.1, 0.15) is 17.7 Å². The van der Waals surface area contributed by atoms with E-state index >= 15 is 0 Å². The van der Waals surface area contributed by atoms with E-state index in [9.17, 15) is 9.90 Å². The highest BCUT2D eigenvalue weighted by molar-refractivity contribution is 9.11. The molecule has 0 spiro atoms. The Morgan fingerprint density at radius 2 is 2.37 bits per heavy atom. The highest BCUT2D eigenvalue weighted by Gasteiger charge is 2.26. The summed E-state index contributed by atoms with van der Waals surface area (Å²) in [6, 6.07) is 3.92. The van der Waals surface area contributed by atoms with Gasteiger partial charge in [0.15, 0.2) is 0 Å². The highest BCUT2D eigenvalue weighted by Crippen LogP contribution is 2.28. The summed E-state index contributed by atoms with van der Waals surface area (Å²) < 4.78 is 1.03. The molecule has 1 amide bonds. The molecule has 3 N–H and O–H groups in total. The number of halogens is 2. The molecule has 19 heavy (non-hydrogen) atoms. The Kier molecular flexibility index (Phi) is 6.76. The zero-order valence-electron chi connectivity index (χ0n) is 10.6. The van der Waals surface area contributed by atoms with Gasteiger partial charge in [0.1, 0.15) is 0 Å². The first-order valence-electron chi connectivity index (χ1n) is 5.99. The van der Waals surface area contributed by atoms with Crippen LogP contribution in [-0.2, 0) is 4.79 Å². The van der Waals surface area contributed by atoms with Crippen LogP contribution in [0.3, 0.4) is 0 Å². The number of β-amino-alcohol motifs (C(OH)–C–C–N with tert-alkyl or cyclic N) is 1. The summed E-state index contributed by atoms with van der Waals surface area (Å²) in [5.41, 5.74) is 0. The molecule has 0 saturated carbocycles. The molecule has 3 atom stereocenters. The molecule has 0 aliphatic carbocycles. The largest absolute Gasteiger partial charge is 0.391 e. The molecule has 1 fully saturated rings. The van der Waals surface area contributed by atoms with Gasteiger partial charge in [-0.25, -0.2) is 0 Å². The van der Waals surface area contributed by atoms with Gasteiger partial charge in [0, 0.05) is 30.4 Å². The van der Waals surface area contributed by atoms with Crippen molar-refractivity contribution in [3.63, 3.8) is 0 Å². The van der Waals surface area contributed by atoms with Gasteiger partial charge in [-0.1, -0.05) is 0 Å². The molecule has 1 aromatic heterocycles. The van der Waals surface area contributed by atoms with E-state index in [0.29, 0.717) is 13.1 Å². The second-order valence-corrected chi connectivity index (χ2v) is 7.09. The van der Waals surface area contributed by atoms with Crippen LogP contribution in [0.15, 0.2) is 15.9 Å². The smallest absolute Gasteiger partial charge is 0.228 e. The van der Waals surface area contributed by atoms with Crippen molar-refractivity contribution in [2.24, 2.45) is 5.92 Å². The average Bonchev–Trinajstić information content (AvgIpc) is 2.94. The third-order valence-corrected chi connectivity index (χ3v) is 5.06. The molecule has 1 aliphatic rings. The number of thiophene rings is 1. The summed E-state index contributed by atoms with van der Waals surface area (Å²) in [5, 5.41) is 15.7. The lowest BCUT2D eigenvalue weighted by Crippen LogP contribution is -2.36. The van der Waals surface area contributed by atoms with Crippen molar-refractivity contribution in [3.05, 3.63) is 20.8 Å². The summed E-state index contributed by atoms with van der Waals surface area (Å²) in [4.78, 5) is 13.0. The summed E-state index contributed by atoms with van der Waals surface area (Å²) in [6.45, 7) is 3.81. The summed E-state index contributed by atoms with van der Waals surface area (Å²) >= 11 is 4.97. The minimum Gasteiger partial charge on any atom is -0.391 e. The fourth-order valence-corrected chi connectivity index (χ4v) is 3.48. The van der Waals surface area contributed by atoms with Crippen LogP contribution in [0.5, 0.6) is 0 Å². The van der Waals surface area contributed by atoms with Gasteiger partial charge in [-0.2, -0.15) is 0 Å². The first kappa shape index (κ1) is 16.9. The van der Waals surface area contributed by atoms with Crippen LogP contribution in [-0.4, -0.2) is 36.8 Å². The van der Waals surface area contributed by atoms with Crippen LogP contribution in [0.25, 0.3) is 0 Å². The Morgan fingerprint density at radius 1 is 1.63 bits per heavy atom. The lowest BCUT2D eigenvalue weighted by atomic mass is 10.1. The van der Waals surface area contributed by atoms with E-state index in [1.165, 1.54) is 0 Å². The number of aliphatic hydroxyl groups excluding tert-OH is 1. The van der Waals surface area contributed by atoms with Crippen LogP contribution in [0.4, 0.5) is 0 Å². The second-order valence-electron chi connectivity index (χ2n) is 4.59. The number of amides is 1. The van der Waals surface area contributed by atoms with Gasteiger partial charge in [-0.05, 0) is 35.0 Å². The fraction of sp³-hybridized carbons (Fsp3) is 0.583. The molecule has 0 bridgehead atoms. The number of aliphatic hydroxyl groups is 1. The van der Waals surface area contributed by atoms with Gasteiger partial charge in [-0.15, -0.1) is 23.7 Å². The molecular formula is C12H18BrClN2O2S. The maximum absolute atomic E-state index is 12.0. The van der Waals surface area contributed by atoms with Crippen LogP contribution >= 0.6 is 39.7 Å². The molecule has 1 aliphatic heterocycles. The summed E-state index contributed by atoms with van der Waals surface area (Å²) in [7, 11) is 0. The molecular weight excluding hydrogens is 352 g/mol. The van der Waals surface area contributed by atoms with E-state index < -0.39 is 0 Å². The quantitative estimate of drug-likeness (QED) is 0.757. The van der Waals surface area contributed by atoms with Crippen molar-refractivity contribution in [2.75, 3.05) is 19.6 Å². The van der Waals surface area contributed by atoms with Crippen LogP contribution in [0, 0.1) is 5.92 Å². The van der Waals surface area contributed by atoms with Crippen molar-refractivity contribution < 1.29 is 9.90 Å². The second kappa shape index (κ2) is 7.59. The monoisotopic (exact) mass is 368 g/mol. The number of hydrogen-bond acceptors (Lipinski definition) is 4. The van der Waals surface area contributed by atoms with Crippen molar-refractivity contribution in [1.29, 1.82) is 0 Å². The van der Waals surface area contributed by atoms with Crippen LogP contribution < -0.4 is 10.6 Å². The topological polar surface area (TPSA) is 61.4 Å². The fourth-order valence-electron chi connectivity index (χ4n) is 2.00. The van der Waals surface area contributed by atoms with Crippen molar-refractivity contribution in [3.8, 4) is 0 Å². The van der Waals surface area contributed by atoms with Gasteiger partial charge in [0.05, 0.1) is 15.8 Å². The Morgan fingerprint density at radius 3 is 2.89 bits per heavy atom. The predicted octanol–water partition coefficient (Wildman–Crippen LogP) is 1.73. The van der Waals surface area contributed by atoms with E-state index in [-0.39, 0.29) is 36.3 Å². The van der Waals surface area contributed by atoms with E-state index in [2.05, 4.69) is 26.6 Å². The minimum atomic E-state index is -0.350. The normalized spacial score (nSPS) is 23.7. The van der Waals surface area contributed by atoms with Gasteiger partial charge in [-0.3, -0.25) is 4.79 Å². The number of hydrogen-bond donors (Lipinski definition) is 3. The number of nitrogens with one attached hydrogen (secondary N) is 2. The highest BCUT2D eigenvalue weighted by atomic mass is 79.9. The van der Waals surface area contributed by atoms with E-state index in [1.807, 2.05) is 19.1 Å². The van der Waals surface area contributed by atoms with E-state index in [4.69, 9.17) is 0 Å². The molecule has 0 aromatic carbocycles. The Bertz CT molecular complexity index is 430. The lowest BCUT2D eigenvalue weighted by Gasteiger charge is -2.16. The SMILES string of the molecule is CC(C(=O)NCC1CNCC1O)c1ccc(Br)s1.Cl. The third kappa shape index (κ3) is 4.43. The number of carbonyl (C=O) groups is 1. The Balaban J connectivity index is 0.00000180. The Hall–Kier alpha value is -0.140. The summed E-state index contributed by atoms with van der Waals surface area (Å²) in [6.07, 6.45) is -0.350. The first-order valence-corrected chi connectivity index (χ1v) is 7.60. The summed E-state index contributed by atoms with van der Waals surface area (Å²) in [5.74, 6) is -0.00697. The third-order valence-electron chi connectivity index (χ3n) is 3.26. The van der Waals surface area contributed by atoms with E-state index in [0.717, 1.165) is 15.2 Å². The maximum Gasteiger partial charge on any atom is 0.228 e. The molecule has 3 unspecified atom stereocenters. The molecule has 2 heterocycles. The first-order chi connectivity index (χ1) is 8.58. The van der Waals surface area contributed by atoms with Crippen LogP contribution in [0.2, 0.25) is 0 Å².